The fourth-order valence-corrected chi connectivity index (χ4v) is 4.26. The number of phenols is 1. The van der Waals surface area contributed by atoms with Crippen molar-refractivity contribution in [2.75, 3.05) is 7.11 Å². The predicted molar refractivity (Wildman–Crippen MR) is 106 cm³/mol. The minimum absolute atomic E-state index is 0.0157. The van der Waals surface area contributed by atoms with Crippen molar-refractivity contribution in [1.82, 2.24) is 9.97 Å². The van der Waals surface area contributed by atoms with Crippen molar-refractivity contribution >= 4 is 29.3 Å². The first-order chi connectivity index (χ1) is 14.4. The van der Waals surface area contributed by atoms with Crippen molar-refractivity contribution in [2.45, 2.75) is 24.9 Å². The molecule has 0 saturated carbocycles. The Hall–Kier alpha value is -3.46. The van der Waals surface area contributed by atoms with Gasteiger partial charge >= 0.3 is 5.97 Å². The zero-order chi connectivity index (χ0) is 21.4. The molecule has 1 aromatic carbocycles. The number of carbonyl (C=O) groups excluding carboxylic acids is 3. The molecule has 1 N–H and O–H groups in total. The minimum atomic E-state index is -0.541. The molecule has 1 heterocycles. The van der Waals surface area contributed by atoms with Gasteiger partial charge in [-0.05, 0) is 6.07 Å². The molecule has 8 nitrogen and oxygen atoms in total. The van der Waals surface area contributed by atoms with E-state index in [1.807, 2.05) is 0 Å². The molecule has 2 aliphatic carbocycles. The summed E-state index contributed by atoms with van der Waals surface area (Å²) in [5, 5.41) is 10.5. The van der Waals surface area contributed by atoms with Gasteiger partial charge in [0.2, 0.25) is 0 Å². The van der Waals surface area contributed by atoms with E-state index in [9.17, 15) is 19.5 Å². The van der Waals surface area contributed by atoms with Crippen LogP contribution in [0, 0.1) is 0 Å². The normalized spacial score (nSPS) is 15.7. The predicted octanol–water partition coefficient (Wildman–Crippen LogP) is 3.23. The van der Waals surface area contributed by atoms with E-state index in [4.69, 9.17) is 9.47 Å². The van der Waals surface area contributed by atoms with Gasteiger partial charge in [-0.2, -0.15) is 0 Å². The lowest BCUT2D eigenvalue weighted by molar-refractivity contribution is -0.137. The molecule has 0 fully saturated rings. The zero-order valence-corrected chi connectivity index (χ0v) is 16.9. The van der Waals surface area contributed by atoms with Gasteiger partial charge in [-0.25, -0.2) is 9.97 Å². The number of phenolic OH excluding ortho intramolecular Hbond substituents is 1. The number of nitrogens with zero attached hydrogens (tertiary/aromatic N) is 2. The molecule has 30 heavy (non-hydrogen) atoms. The molecule has 2 aromatic rings. The Kier molecular flexibility index (Phi) is 5.13. The smallest absolute Gasteiger partial charge is 0.307 e. The van der Waals surface area contributed by atoms with Gasteiger partial charge in [0, 0.05) is 41.4 Å². The maximum atomic E-state index is 13.1. The van der Waals surface area contributed by atoms with Crippen LogP contribution >= 0.6 is 11.8 Å². The Morgan fingerprint density at radius 3 is 2.47 bits per heavy atom. The third-order valence-corrected chi connectivity index (χ3v) is 5.75. The number of thioether (sulfide) groups is 1. The number of hydrogen-bond donors (Lipinski definition) is 1. The second kappa shape index (κ2) is 7.75. The molecular formula is C21H16N2O6S. The van der Waals surface area contributed by atoms with Gasteiger partial charge in [0.05, 0.1) is 25.1 Å². The average Bonchev–Trinajstić information content (AvgIpc) is 2.73. The maximum absolute atomic E-state index is 13.1. The highest BCUT2D eigenvalue weighted by Gasteiger charge is 2.38. The van der Waals surface area contributed by atoms with E-state index in [0.717, 1.165) is 11.8 Å². The number of aromatic hydroxyl groups is 1. The average molecular weight is 424 g/mol. The van der Waals surface area contributed by atoms with Crippen molar-refractivity contribution in [2.24, 2.45) is 0 Å². The topological polar surface area (TPSA) is 116 Å². The van der Waals surface area contributed by atoms with E-state index < -0.39 is 11.8 Å². The van der Waals surface area contributed by atoms with Crippen molar-refractivity contribution in [3.8, 4) is 11.5 Å². The summed E-state index contributed by atoms with van der Waals surface area (Å²) in [5.74, 6) is -0.793. The van der Waals surface area contributed by atoms with Gasteiger partial charge in [-0.1, -0.05) is 23.9 Å². The van der Waals surface area contributed by atoms with E-state index in [-0.39, 0.29) is 46.8 Å². The number of methoxy groups -OCH3 is 1. The molecule has 0 atom stereocenters. The number of Topliss-reactive ketones (excluding diaryl/α,β-unsaturated/α-hetero) is 2. The summed E-state index contributed by atoms with van der Waals surface area (Å²) in [6.45, 7) is 1.26. The lowest BCUT2D eigenvalue weighted by Gasteiger charge is -2.27. The Bertz CT molecular complexity index is 1150. The number of fused-ring (bicyclic) bond motifs is 1. The number of carbonyl (C=O) groups is 3. The standard InChI is InChI=1S/C21H16N2O6S/c1-10(24)29-16-6-13-14(7-17(16)30-21-22-8-11(28-2)9-23-21)19(26)12-4-3-5-15(25)18(12)20(13)27/h3-5,8-9,25H,6-7H2,1-2H3. The summed E-state index contributed by atoms with van der Waals surface area (Å²) in [4.78, 5) is 46.6. The van der Waals surface area contributed by atoms with Gasteiger partial charge in [0.1, 0.15) is 11.5 Å². The molecule has 0 aliphatic heterocycles. The van der Waals surface area contributed by atoms with Crippen LogP contribution in [0.4, 0.5) is 0 Å². The Morgan fingerprint density at radius 2 is 1.80 bits per heavy atom. The Labute approximate surface area is 175 Å². The number of esters is 1. The van der Waals surface area contributed by atoms with Crippen LogP contribution in [-0.2, 0) is 9.53 Å². The highest BCUT2D eigenvalue weighted by molar-refractivity contribution is 8.03. The number of allylic oxidation sites excluding steroid dienone is 3. The summed E-state index contributed by atoms with van der Waals surface area (Å²) < 4.78 is 10.4. The molecule has 1 aromatic heterocycles. The van der Waals surface area contributed by atoms with Crippen LogP contribution in [0.2, 0.25) is 0 Å². The van der Waals surface area contributed by atoms with E-state index in [2.05, 4.69) is 9.97 Å². The number of rotatable bonds is 4. The van der Waals surface area contributed by atoms with Gasteiger partial charge in [0.25, 0.3) is 0 Å². The Morgan fingerprint density at radius 1 is 1.10 bits per heavy atom. The molecule has 152 valence electrons. The van der Waals surface area contributed by atoms with Crippen LogP contribution in [0.15, 0.2) is 57.6 Å². The SMILES string of the molecule is COc1cnc(SC2=C(OC(C)=O)CC3=C(C2)C(=O)c2cccc(O)c2C3=O)nc1. The first-order valence-corrected chi connectivity index (χ1v) is 9.78. The van der Waals surface area contributed by atoms with Crippen LogP contribution in [0.3, 0.4) is 0 Å². The second-order valence-corrected chi connectivity index (χ2v) is 7.68. The molecule has 0 amide bonds. The minimum Gasteiger partial charge on any atom is -0.507 e. The van der Waals surface area contributed by atoms with Gasteiger partial charge in [0.15, 0.2) is 22.5 Å². The van der Waals surface area contributed by atoms with E-state index in [1.165, 1.54) is 44.6 Å². The molecule has 0 bridgehead atoms. The summed E-state index contributed by atoms with van der Waals surface area (Å²) in [7, 11) is 1.50. The highest BCUT2D eigenvalue weighted by atomic mass is 32.2. The maximum Gasteiger partial charge on any atom is 0.307 e. The summed E-state index contributed by atoms with van der Waals surface area (Å²) in [5.41, 5.74) is 0.702. The lowest BCUT2D eigenvalue weighted by atomic mass is 9.78. The first kappa shape index (κ1) is 19.8. The van der Waals surface area contributed by atoms with Crippen molar-refractivity contribution in [3.63, 3.8) is 0 Å². The highest BCUT2D eigenvalue weighted by Crippen LogP contribution is 2.44. The van der Waals surface area contributed by atoms with E-state index in [0.29, 0.717) is 21.4 Å². The summed E-state index contributed by atoms with van der Waals surface area (Å²) in [6, 6.07) is 4.40. The summed E-state index contributed by atoms with van der Waals surface area (Å²) in [6.07, 6.45) is 3.07. The van der Waals surface area contributed by atoms with E-state index >= 15 is 0 Å². The molecule has 0 spiro atoms. The van der Waals surface area contributed by atoms with Gasteiger partial charge in [-0.3, -0.25) is 14.4 Å². The van der Waals surface area contributed by atoms with Gasteiger partial charge < -0.3 is 14.6 Å². The molecule has 0 saturated heterocycles. The molecular weight excluding hydrogens is 408 g/mol. The van der Waals surface area contributed by atoms with Crippen molar-refractivity contribution in [3.05, 3.63) is 63.5 Å². The number of ketones is 2. The second-order valence-electron chi connectivity index (χ2n) is 6.62. The molecule has 9 heteroatoms. The number of ether oxygens (including phenoxy) is 2. The number of hydrogen-bond acceptors (Lipinski definition) is 9. The largest absolute Gasteiger partial charge is 0.507 e. The number of aromatic nitrogens is 2. The van der Waals surface area contributed by atoms with Crippen LogP contribution in [0.5, 0.6) is 11.5 Å². The van der Waals surface area contributed by atoms with Crippen LogP contribution in [0.25, 0.3) is 0 Å². The van der Waals surface area contributed by atoms with Gasteiger partial charge in [-0.15, -0.1) is 0 Å². The van der Waals surface area contributed by atoms with Crippen molar-refractivity contribution in [1.29, 1.82) is 0 Å². The molecule has 0 radical (unpaired) electrons. The molecule has 2 aliphatic rings. The Balaban J connectivity index is 1.72. The van der Waals surface area contributed by atoms with Crippen LogP contribution in [-0.4, -0.2) is 39.7 Å². The molecule has 0 unspecified atom stereocenters. The summed E-state index contributed by atoms with van der Waals surface area (Å²) >= 11 is 1.15. The zero-order valence-electron chi connectivity index (χ0n) is 16.1. The fraction of sp³-hybridized carbons (Fsp3) is 0.190. The fourth-order valence-electron chi connectivity index (χ4n) is 3.38. The lowest BCUT2D eigenvalue weighted by Crippen LogP contribution is -2.26. The molecule has 4 rings (SSSR count). The monoisotopic (exact) mass is 424 g/mol. The van der Waals surface area contributed by atoms with Crippen LogP contribution in [0.1, 0.15) is 40.5 Å². The van der Waals surface area contributed by atoms with Crippen LogP contribution < -0.4 is 4.74 Å². The third kappa shape index (κ3) is 3.48. The number of benzene rings is 1. The van der Waals surface area contributed by atoms with Crippen molar-refractivity contribution < 1.29 is 29.0 Å². The van der Waals surface area contributed by atoms with E-state index in [1.54, 1.807) is 0 Å². The quantitative estimate of drug-likeness (QED) is 0.583. The third-order valence-electron chi connectivity index (χ3n) is 4.73. The first-order valence-electron chi connectivity index (χ1n) is 8.96.